The zero-order chi connectivity index (χ0) is 12.4. The summed E-state index contributed by atoms with van der Waals surface area (Å²) >= 11 is 12.3. The fourth-order valence-electron chi connectivity index (χ4n) is 2.50. The Morgan fingerprint density at radius 2 is 2.18 bits per heavy atom. The number of likely N-dealkylation sites (tertiary alicyclic amines) is 1. The largest absolute Gasteiger partial charge is 0.295 e. The third-order valence-electron chi connectivity index (χ3n) is 3.56. The van der Waals surface area contributed by atoms with E-state index in [9.17, 15) is 0 Å². The van der Waals surface area contributed by atoms with Crippen molar-refractivity contribution in [2.24, 2.45) is 7.05 Å². The van der Waals surface area contributed by atoms with Crippen molar-refractivity contribution in [2.45, 2.75) is 38.8 Å². The molecule has 1 aromatic rings. The minimum absolute atomic E-state index is 0.487. The van der Waals surface area contributed by atoms with Gasteiger partial charge in [0.05, 0.1) is 5.69 Å². The van der Waals surface area contributed by atoms with Crippen molar-refractivity contribution < 1.29 is 0 Å². The Morgan fingerprint density at radius 1 is 1.41 bits per heavy atom. The fourth-order valence-corrected chi connectivity index (χ4v) is 3.08. The predicted molar refractivity (Wildman–Crippen MR) is 71.7 cm³/mol. The van der Waals surface area contributed by atoms with Gasteiger partial charge in [-0.2, -0.15) is 5.10 Å². The molecule has 1 aliphatic heterocycles. The van der Waals surface area contributed by atoms with Crippen LogP contribution in [0.1, 0.15) is 30.5 Å². The van der Waals surface area contributed by atoms with Crippen LogP contribution >= 0.6 is 23.2 Å². The van der Waals surface area contributed by atoms with Crippen LogP contribution in [-0.4, -0.2) is 33.1 Å². The van der Waals surface area contributed by atoms with E-state index in [-0.39, 0.29) is 0 Å². The quantitative estimate of drug-likeness (QED) is 0.791. The average molecular weight is 276 g/mol. The maximum Gasteiger partial charge on any atom is 0.131 e. The van der Waals surface area contributed by atoms with E-state index in [0.717, 1.165) is 29.5 Å². The summed E-state index contributed by atoms with van der Waals surface area (Å²) in [6, 6.07) is 0.487. The van der Waals surface area contributed by atoms with Crippen LogP contribution in [0.3, 0.4) is 0 Å². The molecule has 1 aromatic heterocycles. The molecular formula is C12H19Cl2N3. The van der Waals surface area contributed by atoms with Gasteiger partial charge >= 0.3 is 0 Å². The molecule has 96 valence electrons. The number of piperidine rings is 1. The number of hydrogen-bond donors (Lipinski definition) is 0. The van der Waals surface area contributed by atoms with Crippen molar-refractivity contribution in [3.05, 3.63) is 16.4 Å². The van der Waals surface area contributed by atoms with Gasteiger partial charge < -0.3 is 0 Å². The highest BCUT2D eigenvalue weighted by Crippen LogP contribution is 2.25. The van der Waals surface area contributed by atoms with E-state index in [1.54, 1.807) is 4.68 Å². The molecule has 0 aliphatic carbocycles. The molecule has 1 aliphatic rings. The summed E-state index contributed by atoms with van der Waals surface area (Å²) in [7, 11) is 1.88. The zero-order valence-corrected chi connectivity index (χ0v) is 11.9. The second kappa shape index (κ2) is 5.59. The van der Waals surface area contributed by atoms with Crippen LogP contribution in [0, 0.1) is 6.92 Å². The lowest BCUT2D eigenvalue weighted by molar-refractivity contribution is 0.154. The van der Waals surface area contributed by atoms with Crippen molar-refractivity contribution in [2.75, 3.05) is 12.4 Å². The molecule has 0 saturated carbocycles. The number of aryl methyl sites for hydroxylation is 2. The highest BCUT2D eigenvalue weighted by molar-refractivity contribution is 6.30. The molecular weight excluding hydrogens is 257 g/mol. The predicted octanol–water partition coefficient (Wildman–Crippen LogP) is 2.98. The van der Waals surface area contributed by atoms with Gasteiger partial charge in [-0.25, -0.2) is 0 Å². The molecule has 2 heterocycles. The molecule has 2 rings (SSSR count). The van der Waals surface area contributed by atoms with Crippen molar-refractivity contribution in [3.63, 3.8) is 0 Å². The lowest BCUT2D eigenvalue weighted by Crippen LogP contribution is -2.40. The van der Waals surface area contributed by atoms with Gasteiger partial charge in [-0.05, 0) is 26.3 Å². The summed E-state index contributed by atoms with van der Waals surface area (Å²) in [6.45, 7) is 4.00. The maximum atomic E-state index is 6.26. The summed E-state index contributed by atoms with van der Waals surface area (Å²) in [5.74, 6) is 0.705. The molecule has 1 fully saturated rings. The van der Waals surface area contributed by atoms with E-state index < -0.39 is 0 Å². The Hall–Kier alpha value is -0.250. The number of aromatic nitrogens is 2. The molecule has 3 nitrogen and oxygen atoms in total. The summed E-state index contributed by atoms with van der Waals surface area (Å²) in [4.78, 5) is 2.44. The van der Waals surface area contributed by atoms with Crippen LogP contribution < -0.4 is 0 Å². The van der Waals surface area contributed by atoms with Crippen LogP contribution in [0.2, 0.25) is 5.15 Å². The summed E-state index contributed by atoms with van der Waals surface area (Å²) in [5.41, 5.74) is 2.17. The second-order valence-corrected chi connectivity index (χ2v) is 5.42. The molecule has 1 saturated heterocycles. The number of nitrogens with zero attached hydrogens (tertiary/aromatic N) is 3. The summed E-state index contributed by atoms with van der Waals surface area (Å²) in [5, 5.41) is 5.10. The van der Waals surface area contributed by atoms with E-state index in [0.29, 0.717) is 11.9 Å². The van der Waals surface area contributed by atoms with Crippen LogP contribution in [0.15, 0.2) is 0 Å². The monoisotopic (exact) mass is 275 g/mol. The van der Waals surface area contributed by atoms with Crippen LogP contribution in [0.5, 0.6) is 0 Å². The van der Waals surface area contributed by atoms with E-state index in [4.69, 9.17) is 23.2 Å². The maximum absolute atomic E-state index is 6.26. The van der Waals surface area contributed by atoms with Gasteiger partial charge in [-0.1, -0.05) is 18.0 Å². The zero-order valence-electron chi connectivity index (χ0n) is 10.4. The van der Waals surface area contributed by atoms with E-state index in [1.807, 2.05) is 14.0 Å². The third-order valence-corrected chi connectivity index (χ3v) is 4.39. The molecule has 0 amide bonds. The number of rotatable bonds is 3. The Labute approximate surface area is 113 Å². The van der Waals surface area contributed by atoms with Gasteiger partial charge in [-0.15, -0.1) is 11.6 Å². The number of hydrogen-bond acceptors (Lipinski definition) is 2. The topological polar surface area (TPSA) is 21.1 Å². The smallest absolute Gasteiger partial charge is 0.131 e. The summed E-state index contributed by atoms with van der Waals surface area (Å²) in [6.07, 6.45) is 3.73. The number of halogens is 2. The Morgan fingerprint density at radius 3 is 2.76 bits per heavy atom. The molecule has 5 heteroatoms. The van der Waals surface area contributed by atoms with Gasteiger partial charge in [-0.3, -0.25) is 9.58 Å². The molecule has 0 spiro atoms. The summed E-state index contributed by atoms with van der Waals surface area (Å²) < 4.78 is 1.74. The molecule has 0 aromatic carbocycles. The first kappa shape index (κ1) is 13.2. The Balaban J connectivity index is 2.13. The molecule has 1 atom stereocenters. The van der Waals surface area contributed by atoms with Crippen molar-refractivity contribution >= 4 is 23.2 Å². The fraction of sp³-hybridized carbons (Fsp3) is 0.750. The first-order valence-electron chi connectivity index (χ1n) is 6.11. The molecule has 1 unspecified atom stereocenters. The normalized spacial score (nSPS) is 22.0. The van der Waals surface area contributed by atoms with Crippen LogP contribution in [0.4, 0.5) is 0 Å². The van der Waals surface area contributed by atoms with E-state index in [1.165, 1.54) is 19.3 Å². The molecule has 0 bridgehead atoms. The molecule has 17 heavy (non-hydrogen) atoms. The average Bonchev–Trinajstić information content (AvgIpc) is 2.57. The third kappa shape index (κ3) is 2.78. The first-order chi connectivity index (χ1) is 8.13. The van der Waals surface area contributed by atoms with Gasteiger partial charge in [0.2, 0.25) is 0 Å². The molecule has 0 radical (unpaired) electrons. The van der Waals surface area contributed by atoms with Gasteiger partial charge in [0.15, 0.2) is 0 Å². The second-order valence-electron chi connectivity index (χ2n) is 4.75. The van der Waals surface area contributed by atoms with E-state index >= 15 is 0 Å². The number of alkyl halides is 1. The van der Waals surface area contributed by atoms with Crippen LogP contribution in [0.25, 0.3) is 0 Å². The first-order valence-corrected chi connectivity index (χ1v) is 7.02. The standard InChI is InChI=1S/C12H19Cl2N3/c1-9-11(12(14)16(2)15-9)8-17-6-4-3-5-10(17)7-13/h10H,3-8H2,1-2H3. The lowest BCUT2D eigenvalue weighted by Gasteiger charge is -2.34. The lowest BCUT2D eigenvalue weighted by atomic mass is 10.0. The van der Waals surface area contributed by atoms with Crippen LogP contribution in [-0.2, 0) is 13.6 Å². The van der Waals surface area contributed by atoms with Gasteiger partial charge in [0.25, 0.3) is 0 Å². The SMILES string of the molecule is Cc1nn(C)c(Cl)c1CN1CCCCC1CCl. The van der Waals surface area contributed by atoms with Crippen molar-refractivity contribution in [3.8, 4) is 0 Å². The van der Waals surface area contributed by atoms with Crippen molar-refractivity contribution in [1.29, 1.82) is 0 Å². The Bertz CT molecular complexity index is 389. The highest BCUT2D eigenvalue weighted by Gasteiger charge is 2.24. The van der Waals surface area contributed by atoms with Gasteiger partial charge in [0, 0.05) is 31.1 Å². The van der Waals surface area contributed by atoms with E-state index in [2.05, 4.69) is 10.00 Å². The van der Waals surface area contributed by atoms with Gasteiger partial charge in [0.1, 0.15) is 5.15 Å². The molecule has 0 N–H and O–H groups in total. The van der Waals surface area contributed by atoms with Crippen molar-refractivity contribution in [1.82, 2.24) is 14.7 Å². The minimum Gasteiger partial charge on any atom is -0.295 e. The Kier molecular flexibility index (Phi) is 4.34. The highest BCUT2D eigenvalue weighted by atomic mass is 35.5. The minimum atomic E-state index is 0.487.